The van der Waals surface area contributed by atoms with Gasteiger partial charge >= 0.3 is 0 Å². The zero-order valence-electron chi connectivity index (χ0n) is 13.3. The van der Waals surface area contributed by atoms with Gasteiger partial charge in [-0.1, -0.05) is 20.8 Å². The maximum atomic E-state index is 12.6. The Kier molecular flexibility index (Phi) is 5.41. The van der Waals surface area contributed by atoms with Gasteiger partial charge in [0.25, 0.3) is 0 Å². The summed E-state index contributed by atoms with van der Waals surface area (Å²) < 4.78 is 5.80. The molecule has 116 valence electrons. The lowest BCUT2D eigenvalue weighted by Gasteiger charge is -2.34. The minimum atomic E-state index is -0.0127. The number of hydrogen-bond donors (Lipinski definition) is 1. The van der Waals surface area contributed by atoms with Crippen molar-refractivity contribution < 1.29 is 9.53 Å². The number of likely N-dealkylation sites (N-methyl/N-ethyl adjacent to an activating group) is 1. The van der Waals surface area contributed by atoms with Crippen molar-refractivity contribution in [2.45, 2.75) is 51.9 Å². The first-order valence-electron chi connectivity index (χ1n) is 7.88. The van der Waals surface area contributed by atoms with Gasteiger partial charge in [-0.3, -0.25) is 10.1 Å². The SMILES string of the molecule is CCC1NC(CC(C)C)C(=O)N1CC1CN(C)CCO1. The molecule has 2 aliphatic heterocycles. The average Bonchev–Trinajstić information content (AvgIpc) is 2.67. The lowest BCUT2D eigenvalue weighted by Crippen LogP contribution is -2.49. The summed E-state index contributed by atoms with van der Waals surface area (Å²) >= 11 is 0. The molecule has 5 heteroatoms. The van der Waals surface area contributed by atoms with Gasteiger partial charge in [-0.05, 0) is 25.8 Å². The molecule has 0 radical (unpaired) electrons. The van der Waals surface area contributed by atoms with E-state index in [0.29, 0.717) is 12.5 Å². The van der Waals surface area contributed by atoms with E-state index in [2.05, 4.69) is 38.0 Å². The van der Waals surface area contributed by atoms with E-state index in [1.165, 1.54) is 0 Å². The van der Waals surface area contributed by atoms with Crippen LogP contribution < -0.4 is 5.32 Å². The van der Waals surface area contributed by atoms with Crippen molar-refractivity contribution in [2.24, 2.45) is 5.92 Å². The van der Waals surface area contributed by atoms with Crippen LogP contribution in [0.15, 0.2) is 0 Å². The van der Waals surface area contributed by atoms with Crippen LogP contribution in [0.1, 0.15) is 33.6 Å². The summed E-state index contributed by atoms with van der Waals surface area (Å²) in [4.78, 5) is 16.8. The first-order valence-corrected chi connectivity index (χ1v) is 7.88. The standard InChI is InChI=1S/C15H29N3O2/c1-5-14-16-13(8-11(2)3)15(19)18(14)10-12-9-17(4)6-7-20-12/h11-14,16H,5-10H2,1-4H3. The lowest BCUT2D eigenvalue weighted by molar-refractivity contribution is -0.133. The van der Waals surface area contributed by atoms with Gasteiger partial charge < -0.3 is 14.5 Å². The Morgan fingerprint density at radius 1 is 1.45 bits per heavy atom. The van der Waals surface area contributed by atoms with Crippen LogP contribution in [0, 0.1) is 5.92 Å². The van der Waals surface area contributed by atoms with E-state index in [1.807, 2.05) is 4.90 Å². The van der Waals surface area contributed by atoms with Gasteiger partial charge in [0, 0.05) is 19.6 Å². The first-order chi connectivity index (χ1) is 9.51. The molecule has 3 atom stereocenters. The highest BCUT2D eigenvalue weighted by atomic mass is 16.5. The van der Waals surface area contributed by atoms with Crippen LogP contribution in [0.5, 0.6) is 0 Å². The Morgan fingerprint density at radius 3 is 2.80 bits per heavy atom. The van der Waals surface area contributed by atoms with Gasteiger partial charge in [0.15, 0.2) is 0 Å². The highest BCUT2D eigenvalue weighted by Gasteiger charge is 2.39. The fourth-order valence-corrected chi connectivity index (χ4v) is 3.14. The van der Waals surface area contributed by atoms with Crippen molar-refractivity contribution >= 4 is 5.91 Å². The van der Waals surface area contributed by atoms with Gasteiger partial charge in [0.1, 0.15) is 0 Å². The van der Waals surface area contributed by atoms with Crippen LogP contribution in [0.3, 0.4) is 0 Å². The second-order valence-corrected chi connectivity index (χ2v) is 6.52. The fraction of sp³-hybridized carbons (Fsp3) is 0.933. The number of nitrogens with one attached hydrogen (secondary N) is 1. The largest absolute Gasteiger partial charge is 0.374 e. The number of nitrogens with zero attached hydrogens (tertiary/aromatic N) is 2. The highest BCUT2D eigenvalue weighted by Crippen LogP contribution is 2.20. The average molecular weight is 283 g/mol. The summed E-state index contributed by atoms with van der Waals surface area (Å²) in [5.74, 6) is 0.786. The molecule has 3 unspecified atom stereocenters. The van der Waals surface area contributed by atoms with Crippen LogP contribution in [-0.4, -0.2) is 67.3 Å². The monoisotopic (exact) mass is 283 g/mol. The van der Waals surface area contributed by atoms with Crippen molar-refractivity contribution in [2.75, 3.05) is 33.3 Å². The molecule has 0 saturated carbocycles. The van der Waals surface area contributed by atoms with E-state index < -0.39 is 0 Å². The Morgan fingerprint density at radius 2 is 2.20 bits per heavy atom. The highest BCUT2D eigenvalue weighted by molar-refractivity contribution is 5.84. The molecule has 1 amide bonds. The Balaban J connectivity index is 1.96. The third kappa shape index (κ3) is 3.71. The molecular formula is C15H29N3O2. The summed E-state index contributed by atoms with van der Waals surface area (Å²) in [6.45, 7) is 9.83. The number of ether oxygens (including phenoxy) is 1. The van der Waals surface area contributed by atoms with Crippen molar-refractivity contribution in [3.8, 4) is 0 Å². The van der Waals surface area contributed by atoms with Crippen LogP contribution >= 0.6 is 0 Å². The van der Waals surface area contributed by atoms with E-state index >= 15 is 0 Å². The molecule has 1 N–H and O–H groups in total. The zero-order valence-corrected chi connectivity index (χ0v) is 13.3. The van der Waals surface area contributed by atoms with Crippen LogP contribution in [0.4, 0.5) is 0 Å². The number of carbonyl (C=O) groups is 1. The Bertz CT molecular complexity index is 335. The van der Waals surface area contributed by atoms with Crippen LogP contribution in [0.2, 0.25) is 0 Å². The lowest BCUT2D eigenvalue weighted by atomic mass is 10.0. The normalized spacial score (nSPS) is 32.4. The molecule has 2 fully saturated rings. The summed E-state index contributed by atoms with van der Waals surface area (Å²) in [7, 11) is 2.11. The molecule has 2 heterocycles. The van der Waals surface area contributed by atoms with E-state index in [4.69, 9.17) is 4.74 Å². The molecule has 20 heavy (non-hydrogen) atoms. The second kappa shape index (κ2) is 6.87. The molecule has 0 spiro atoms. The van der Waals surface area contributed by atoms with Crippen molar-refractivity contribution in [3.63, 3.8) is 0 Å². The van der Waals surface area contributed by atoms with Gasteiger partial charge in [-0.25, -0.2) is 0 Å². The molecular weight excluding hydrogens is 254 g/mol. The minimum Gasteiger partial charge on any atom is -0.374 e. The smallest absolute Gasteiger partial charge is 0.241 e. The molecule has 0 aromatic heterocycles. The summed E-state index contributed by atoms with van der Waals surface area (Å²) in [5.41, 5.74) is 0. The molecule has 2 aliphatic rings. The van der Waals surface area contributed by atoms with Crippen LogP contribution in [0.25, 0.3) is 0 Å². The van der Waals surface area contributed by atoms with E-state index in [0.717, 1.165) is 32.5 Å². The maximum Gasteiger partial charge on any atom is 0.241 e. The topological polar surface area (TPSA) is 44.8 Å². The summed E-state index contributed by atoms with van der Waals surface area (Å²) in [6, 6.07) is -0.0127. The van der Waals surface area contributed by atoms with E-state index in [-0.39, 0.29) is 24.2 Å². The molecule has 0 aromatic carbocycles. The Hall–Kier alpha value is -0.650. The number of amides is 1. The molecule has 2 saturated heterocycles. The number of hydrogen-bond acceptors (Lipinski definition) is 4. The molecule has 2 rings (SSSR count). The third-order valence-corrected chi connectivity index (χ3v) is 4.19. The number of morpholine rings is 1. The van der Waals surface area contributed by atoms with Gasteiger partial charge in [0.05, 0.1) is 24.9 Å². The summed E-state index contributed by atoms with van der Waals surface area (Å²) in [6.07, 6.45) is 2.17. The molecule has 0 bridgehead atoms. The van der Waals surface area contributed by atoms with Crippen molar-refractivity contribution in [3.05, 3.63) is 0 Å². The molecule has 5 nitrogen and oxygen atoms in total. The van der Waals surface area contributed by atoms with Gasteiger partial charge in [0.2, 0.25) is 5.91 Å². The summed E-state index contributed by atoms with van der Waals surface area (Å²) in [5, 5.41) is 3.48. The quantitative estimate of drug-likeness (QED) is 0.814. The zero-order chi connectivity index (χ0) is 14.7. The number of carbonyl (C=O) groups excluding carboxylic acids is 1. The Labute approximate surface area is 122 Å². The van der Waals surface area contributed by atoms with E-state index in [1.54, 1.807) is 0 Å². The minimum absolute atomic E-state index is 0.0127. The van der Waals surface area contributed by atoms with Gasteiger partial charge in [-0.2, -0.15) is 0 Å². The van der Waals surface area contributed by atoms with Gasteiger partial charge in [-0.15, -0.1) is 0 Å². The molecule has 0 aromatic rings. The third-order valence-electron chi connectivity index (χ3n) is 4.19. The number of rotatable bonds is 5. The molecule has 0 aliphatic carbocycles. The van der Waals surface area contributed by atoms with E-state index in [9.17, 15) is 4.79 Å². The van der Waals surface area contributed by atoms with Crippen molar-refractivity contribution in [1.82, 2.24) is 15.1 Å². The predicted molar refractivity (Wildman–Crippen MR) is 79.4 cm³/mol. The van der Waals surface area contributed by atoms with Crippen LogP contribution in [-0.2, 0) is 9.53 Å². The predicted octanol–water partition coefficient (Wildman–Crippen LogP) is 0.900. The first kappa shape index (κ1) is 15.7. The fourth-order valence-electron chi connectivity index (χ4n) is 3.14. The van der Waals surface area contributed by atoms with Crippen molar-refractivity contribution in [1.29, 1.82) is 0 Å². The second-order valence-electron chi connectivity index (χ2n) is 6.52. The maximum absolute atomic E-state index is 12.6.